The molecule has 1 aromatic carbocycles. The standard InChI is InChI=1S/C20H27ClFN3O2S/c1-19(2,3)24-17(27)18(28)25-10-20(11-25)7-12(8-20)9-23-16(26)13-4-14(21)6-15(22)5-13/h4-6,12,18,28H,7-11H2,1-3H3,(H,23,26)(H,24,27). The lowest BCUT2D eigenvalue weighted by Crippen LogP contribution is -2.67. The van der Waals surface area contributed by atoms with Gasteiger partial charge >= 0.3 is 0 Å². The Balaban J connectivity index is 1.40. The average Bonchev–Trinajstić information content (AvgIpc) is 2.48. The quantitative estimate of drug-likeness (QED) is 0.633. The molecule has 2 amide bonds. The Bertz CT molecular complexity index is 749. The molecule has 0 bridgehead atoms. The molecule has 1 aliphatic heterocycles. The molecule has 1 aliphatic carbocycles. The maximum Gasteiger partial charge on any atom is 0.251 e. The van der Waals surface area contributed by atoms with Crippen LogP contribution in [0.1, 0.15) is 44.0 Å². The molecule has 1 aromatic rings. The molecule has 1 heterocycles. The van der Waals surface area contributed by atoms with Crippen LogP contribution in [-0.4, -0.2) is 47.3 Å². The number of benzene rings is 1. The van der Waals surface area contributed by atoms with Gasteiger partial charge in [0.1, 0.15) is 11.2 Å². The van der Waals surface area contributed by atoms with Gasteiger partial charge in [-0.3, -0.25) is 14.5 Å². The molecule has 28 heavy (non-hydrogen) atoms. The number of amides is 2. The van der Waals surface area contributed by atoms with Crippen LogP contribution in [0.5, 0.6) is 0 Å². The fourth-order valence-corrected chi connectivity index (χ4v) is 4.63. The third-order valence-electron chi connectivity index (χ3n) is 5.27. The van der Waals surface area contributed by atoms with E-state index in [1.807, 2.05) is 20.8 Å². The van der Waals surface area contributed by atoms with Gasteiger partial charge < -0.3 is 10.6 Å². The number of halogens is 2. The first-order chi connectivity index (χ1) is 13.0. The summed E-state index contributed by atoms with van der Waals surface area (Å²) in [5.41, 5.74) is 0.198. The van der Waals surface area contributed by atoms with Gasteiger partial charge in [-0.2, -0.15) is 12.6 Å². The summed E-state index contributed by atoms with van der Waals surface area (Å²) in [6.07, 6.45) is 2.02. The largest absolute Gasteiger partial charge is 0.352 e. The Kier molecular flexibility index (Phi) is 5.99. The van der Waals surface area contributed by atoms with Gasteiger partial charge in [-0.1, -0.05) is 11.6 Å². The van der Waals surface area contributed by atoms with Gasteiger partial charge in [0.2, 0.25) is 5.91 Å². The van der Waals surface area contributed by atoms with Crippen LogP contribution in [0.3, 0.4) is 0 Å². The van der Waals surface area contributed by atoms with Crippen molar-refractivity contribution in [3.63, 3.8) is 0 Å². The van der Waals surface area contributed by atoms with Crippen molar-refractivity contribution in [1.82, 2.24) is 15.5 Å². The van der Waals surface area contributed by atoms with E-state index >= 15 is 0 Å². The van der Waals surface area contributed by atoms with Crippen molar-refractivity contribution in [3.05, 3.63) is 34.6 Å². The summed E-state index contributed by atoms with van der Waals surface area (Å²) in [5, 5.41) is 5.60. The van der Waals surface area contributed by atoms with Crippen molar-refractivity contribution in [1.29, 1.82) is 0 Å². The maximum absolute atomic E-state index is 13.4. The smallest absolute Gasteiger partial charge is 0.251 e. The molecule has 154 valence electrons. The summed E-state index contributed by atoms with van der Waals surface area (Å²) in [6, 6.07) is 3.82. The third-order valence-corrected chi connectivity index (χ3v) is 6.05. The molecule has 0 radical (unpaired) electrons. The lowest BCUT2D eigenvalue weighted by molar-refractivity contribution is -0.136. The summed E-state index contributed by atoms with van der Waals surface area (Å²) in [4.78, 5) is 26.5. The molecule has 0 aromatic heterocycles. The van der Waals surface area contributed by atoms with E-state index < -0.39 is 11.2 Å². The second-order valence-corrected chi connectivity index (χ2v) is 10.1. The summed E-state index contributed by atoms with van der Waals surface area (Å²) in [6.45, 7) is 8.11. The molecule has 1 atom stereocenters. The van der Waals surface area contributed by atoms with Crippen molar-refractivity contribution in [3.8, 4) is 0 Å². The number of hydrogen-bond acceptors (Lipinski definition) is 4. The highest BCUT2D eigenvalue weighted by Crippen LogP contribution is 2.52. The molecule has 1 saturated carbocycles. The number of rotatable bonds is 5. The average molecular weight is 428 g/mol. The fraction of sp³-hybridized carbons (Fsp3) is 0.600. The van der Waals surface area contributed by atoms with Gasteiger partial charge in [0.25, 0.3) is 5.91 Å². The van der Waals surface area contributed by atoms with Gasteiger partial charge in [0.15, 0.2) is 0 Å². The highest BCUT2D eigenvalue weighted by molar-refractivity contribution is 7.81. The van der Waals surface area contributed by atoms with Crippen LogP contribution in [0.2, 0.25) is 5.02 Å². The van der Waals surface area contributed by atoms with E-state index in [4.69, 9.17) is 11.6 Å². The van der Waals surface area contributed by atoms with E-state index in [0.29, 0.717) is 12.5 Å². The van der Waals surface area contributed by atoms with Crippen LogP contribution in [0.4, 0.5) is 4.39 Å². The van der Waals surface area contributed by atoms with Crippen LogP contribution < -0.4 is 10.6 Å². The SMILES string of the molecule is CC(C)(C)NC(=O)C(S)N1CC2(CC(CNC(=O)c3cc(F)cc(Cl)c3)C2)C1. The van der Waals surface area contributed by atoms with Crippen LogP contribution in [0.15, 0.2) is 18.2 Å². The number of carbonyl (C=O) groups excluding carboxylic acids is 2. The van der Waals surface area contributed by atoms with Crippen LogP contribution in [-0.2, 0) is 4.79 Å². The van der Waals surface area contributed by atoms with Gasteiger partial charge in [0, 0.05) is 35.8 Å². The van der Waals surface area contributed by atoms with Crippen molar-refractivity contribution in [2.75, 3.05) is 19.6 Å². The van der Waals surface area contributed by atoms with Gasteiger partial charge in [-0.05, 0) is 63.1 Å². The normalized spacial score (nSPS) is 20.2. The monoisotopic (exact) mass is 427 g/mol. The van der Waals surface area contributed by atoms with Crippen molar-refractivity contribution >= 4 is 36.0 Å². The molecule has 1 saturated heterocycles. The van der Waals surface area contributed by atoms with E-state index in [9.17, 15) is 14.0 Å². The van der Waals surface area contributed by atoms with Crippen LogP contribution in [0, 0.1) is 17.2 Å². The molecule has 2 aliphatic rings. The molecule has 5 nitrogen and oxygen atoms in total. The van der Waals surface area contributed by atoms with Gasteiger partial charge in [-0.15, -0.1) is 0 Å². The van der Waals surface area contributed by atoms with E-state index in [1.165, 1.54) is 18.2 Å². The van der Waals surface area contributed by atoms with E-state index in [-0.39, 0.29) is 33.4 Å². The Morgan fingerprint density at radius 1 is 1.32 bits per heavy atom. The zero-order valence-corrected chi connectivity index (χ0v) is 18.0. The first-order valence-electron chi connectivity index (χ1n) is 9.45. The highest BCUT2D eigenvalue weighted by Gasteiger charge is 2.53. The molecule has 2 N–H and O–H groups in total. The predicted molar refractivity (Wildman–Crippen MR) is 111 cm³/mol. The van der Waals surface area contributed by atoms with E-state index in [1.54, 1.807) is 0 Å². The van der Waals surface area contributed by atoms with Gasteiger partial charge in [0.05, 0.1) is 0 Å². The Hall–Kier alpha value is -1.31. The second-order valence-electron chi connectivity index (χ2n) is 9.16. The molecular formula is C20H27ClFN3O2S. The van der Waals surface area contributed by atoms with E-state index in [0.717, 1.165) is 25.9 Å². The van der Waals surface area contributed by atoms with Crippen molar-refractivity contribution < 1.29 is 14.0 Å². The van der Waals surface area contributed by atoms with Crippen molar-refractivity contribution in [2.24, 2.45) is 11.3 Å². The lowest BCUT2D eigenvalue weighted by Gasteiger charge is -2.60. The predicted octanol–water partition coefficient (Wildman–Crippen LogP) is 3.09. The Morgan fingerprint density at radius 3 is 2.54 bits per heavy atom. The number of carbonyl (C=O) groups is 2. The van der Waals surface area contributed by atoms with Crippen molar-refractivity contribution in [2.45, 2.75) is 44.5 Å². The third kappa shape index (κ3) is 4.99. The number of thiol groups is 1. The molecule has 1 spiro atoms. The summed E-state index contributed by atoms with van der Waals surface area (Å²) in [5.74, 6) is -0.502. The first-order valence-corrected chi connectivity index (χ1v) is 10.3. The highest BCUT2D eigenvalue weighted by atomic mass is 35.5. The molecule has 1 unspecified atom stereocenters. The fourth-order valence-electron chi connectivity index (χ4n) is 4.18. The van der Waals surface area contributed by atoms with Crippen LogP contribution in [0.25, 0.3) is 0 Å². The summed E-state index contributed by atoms with van der Waals surface area (Å²) in [7, 11) is 0. The van der Waals surface area contributed by atoms with E-state index in [2.05, 4.69) is 28.2 Å². The molecule has 3 rings (SSSR count). The van der Waals surface area contributed by atoms with Crippen LogP contribution >= 0.6 is 24.2 Å². The Labute approximate surface area is 175 Å². The van der Waals surface area contributed by atoms with Gasteiger partial charge in [-0.25, -0.2) is 4.39 Å². The maximum atomic E-state index is 13.4. The number of nitrogens with one attached hydrogen (secondary N) is 2. The zero-order chi connectivity index (χ0) is 20.7. The summed E-state index contributed by atoms with van der Waals surface area (Å²) >= 11 is 10.3. The first kappa shape index (κ1) is 21.4. The molecule has 8 heteroatoms. The minimum absolute atomic E-state index is 0.0671. The second kappa shape index (κ2) is 7.84. The minimum atomic E-state index is -0.522. The minimum Gasteiger partial charge on any atom is -0.352 e. The number of hydrogen-bond donors (Lipinski definition) is 3. The summed E-state index contributed by atoms with van der Waals surface area (Å²) < 4.78 is 13.4. The zero-order valence-electron chi connectivity index (χ0n) is 16.4. The Morgan fingerprint density at radius 2 is 1.96 bits per heavy atom. The number of likely N-dealkylation sites (tertiary alicyclic amines) is 1. The topological polar surface area (TPSA) is 61.4 Å². The lowest BCUT2D eigenvalue weighted by atomic mass is 9.57. The molecule has 2 fully saturated rings. The number of nitrogens with zero attached hydrogens (tertiary/aromatic N) is 1. The molecular weight excluding hydrogens is 401 g/mol.